The molecule has 0 aromatic heterocycles. The molecule has 0 fully saturated rings. The lowest BCUT2D eigenvalue weighted by Gasteiger charge is -2.34. The van der Waals surface area contributed by atoms with Crippen LogP contribution >= 0.6 is 0 Å². The summed E-state index contributed by atoms with van der Waals surface area (Å²) >= 11 is 0. The Morgan fingerprint density at radius 1 is 1.15 bits per heavy atom. The van der Waals surface area contributed by atoms with Gasteiger partial charge in [0.25, 0.3) is 11.8 Å². The highest BCUT2D eigenvalue weighted by atomic mass is 19.4. The number of fused-ring (bicyclic) bond motifs is 1. The van der Waals surface area contributed by atoms with Crippen LogP contribution in [0.15, 0.2) is 48.5 Å². The average molecular weight is 380 g/mol. The van der Waals surface area contributed by atoms with Crippen LogP contribution in [0.3, 0.4) is 0 Å². The summed E-state index contributed by atoms with van der Waals surface area (Å²) in [5, 5.41) is 2.47. The predicted octanol–water partition coefficient (Wildman–Crippen LogP) is 2.74. The van der Waals surface area contributed by atoms with Gasteiger partial charge < -0.3 is 19.7 Å². The molecular weight excluding hydrogens is 365 g/mol. The Balaban J connectivity index is 1.87. The molecule has 1 aliphatic rings. The SMILES string of the molecule is CNC(=O)[C@@H]1CN(C(=O)c2ccc(OC(F)(F)F)cc2)c2ccccc2O1. The first kappa shape index (κ1) is 18.6. The van der Waals surface area contributed by atoms with E-state index in [4.69, 9.17) is 4.74 Å². The third-order valence-electron chi connectivity index (χ3n) is 3.89. The minimum Gasteiger partial charge on any atom is -0.477 e. The monoisotopic (exact) mass is 380 g/mol. The van der Waals surface area contributed by atoms with Crippen LogP contribution in [0, 0.1) is 0 Å². The Morgan fingerprint density at radius 3 is 2.44 bits per heavy atom. The van der Waals surface area contributed by atoms with E-state index >= 15 is 0 Å². The Kier molecular flexibility index (Phi) is 4.93. The van der Waals surface area contributed by atoms with Gasteiger partial charge in [0.2, 0.25) is 0 Å². The Morgan fingerprint density at radius 2 is 1.81 bits per heavy atom. The zero-order valence-electron chi connectivity index (χ0n) is 14.1. The second kappa shape index (κ2) is 7.18. The first-order chi connectivity index (χ1) is 12.8. The minimum absolute atomic E-state index is 0.0314. The number of alkyl halides is 3. The molecule has 1 aliphatic heterocycles. The lowest BCUT2D eigenvalue weighted by Crippen LogP contribution is -2.50. The number of ether oxygens (including phenoxy) is 2. The number of halogens is 3. The predicted molar refractivity (Wildman–Crippen MR) is 89.7 cm³/mol. The van der Waals surface area contributed by atoms with E-state index in [1.165, 1.54) is 24.1 Å². The molecule has 0 bridgehead atoms. The molecule has 2 aromatic rings. The van der Waals surface area contributed by atoms with E-state index in [9.17, 15) is 22.8 Å². The van der Waals surface area contributed by atoms with Gasteiger partial charge in [-0.3, -0.25) is 9.59 Å². The number of likely N-dealkylation sites (N-methyl/N-ethyl adjacent to an activating group) is 1. The molecule has 0 radical (unpaired) electrons. The topological polar surface area (TPSA) is 67.9 Å². The summed E-state index contributed by atoms with van der Waals surface area (Å²) in [5.41, 5.74) is 0.621. The lowest BCUT2D eigenvalue weighted by atomic mass is 10.1. The number of rotatable bonds is 3. The number of nitrogens with zero attached hydrogens (tertiary/aromatic N) is 1. The van der Waals surface area contributed by atoms with Gasteiger partial charge in [0.05, 0.1) is 12.2 Å². The van der Waals surface area contributed by atoms with Gasteiger partial charge in [0.15, 0.2) is 6.10 Å². The van der Waals surface area contributed by atoms with Crippen LogP contribution in [-0.4, -0.2) is 37.9 Å². The third-order valence-corrected chi connectivity index (χ3v) is 3.89. The number of carbonyl (C=O) groups is 2. The molecule has 0 aliphatic carbocycles. The van der Waals surface area contributed by atoms with E-state index in [0.29, 0.717) is 11.4 Å². The molecule has 2 amide bonds. The Labute approximate surface area is 152 Å². The molecule has 1 N–H and O–H groups in total. The highest BCUT2D eigenvalue weighted by molar-refractivity contribution is 6.08. The molecule has 0 spiro atoms. The quantitative estimate of drug-likeness (QED) is 0.889. The highest BCUT2D eigenvalue weighted by Gasteiger charge is 2.34. The van der Waals surface area contributed by atoms with E-state index in [2.05, 4.69) is 10.1 Å². The summed E-state index contributed by atoms with van der Waals surface area (Å²) in [6, 6.07) is 11.3. The second-order valence-electron chi connectivity index (χ2n) is 5.68. The number of hydrogen-bond acceptors (Lipinski definition) is 4. The summed E-state index contributed by atoms with van der Waals surface area (Å²) in [6.45, 7) is -0.0314. The third kappa shape index (κ3) is 4.13. The van der Waals surface area contributed by atoms with Crippen LogP contribution in [0.1, 0.15) is 10.4 Å². The first-order valence-electron chi connectivity index (χ1n) is 7.93. The standard InChI is InChI=1S/C18H15F3N2O4/c1-22-16(24)15-10-23(13-4-2-3-5-14(13)26-15)17(25)11-6-8-12(9-7-11)27-18(19,20)21/h2-9,15H,10H2,1H3,(H,22,24)/t15-/m0/s1. The van der Waals surface area contributed by atoms with E-state index < -0.39 is 30.0 Å². The van der Waals surface area contributed by atoms with E-state index in [-0.39, 0.29) is 12.1 Å². The van der Waals surface area contributed by atoms with Gasteiger partial charge in [-0.15, -0.1) is 13.2 Å². The van der Waals surface area contributed by atoms with Gasteiger partial charge in [0, 0.05) is 12.6 Å². The van der Waals surface area contributed by atoms with Crippen molar-refractivity contribution in [3.63, 3.8) is 0 Å². The van der Waals surface area contributed by atoms with E-state index in [1.807, 2.05) is 0 Å². The first-order valence-corrected chi connectivity index (χ1v) is 7.93. The summed E-state index contributed by atoms with van der Waals surface area (Å²) in [4.78, 5) is 26.2. The fraction of sp³-hybridized carbons (Fsp3) is 0.222. The van der Waals surface area contributed by atoms with E-state index in [0.717, 1.165) is 12.1 Å². The number of nitrogens with one attached hydrogen (secondary N) is 1. The maximum Gasteiger partial charge on any atom is 0.573 e. The Bertz CT molecular complexity index is 852. The molecule has 1 heterocycles. The summed E-state index contributed by atoms with van der Waals surface area (Å²) in [6.07, 6.45) is -5.71. The van der Waals surface area contributed by atoms with Crippen molar-refractivity contribution in [2.75, 3.05) is 18.5 Å². The molecule has 9 heteroatoms. The number of carbonyl (C=O) groups excluding carboxylic acids is 2. The average Bonchev–Trinajstić information content (AvgIpc) is 2.65. The Hall–Kier alpha value is -3.23. The van der Waals surface area contributed by atoms with Crippen molar-refractivity contribution < 1.29 is 32.2 Å². The van der Waals surface area contributed by atoms with Crippen molar-refractivity contribution >= 4 is 17.5 Å². The van der Waals surface area contributed by atoms with Crippen LogP contribution in [0.5, 0.6) is 11.5 Å². The van der Waals surface area contributed by atoms with Crippen molar-refractivity contribution in [2.45, 2.75) is 12.5 Å². The lowest BCUT2D eigenvalue weighted by molar-refractivity contribution is -0.274. The number of amides is 2. The number of benzene rings is 2. The molecule has 1 atom stereocenters. The molecule has 2 aromatic carbocycles. The number of hydrogen-bond donors (Lipinski definition) is 1. The van der Waals surface area contributed by atoms with Crippen LogP contribution in [-0.2, 0) is 4.79 Å². The molecule has 27 heavy (non-hydrogen) atoms. The van der Waals surface area contributed by atoms with Crippen molar-refractivity contribution in [3.05, 3.63) is 54.1 Å². The fourth-order valence-electron chi connectivity index (χ4n) is 2.68. The molecule has 0 unspecified atom stereocenters. The van der Waals surface area contributed by atoms with Gasteiger partial charge in [-0.25, -0.2) is 0 Å². The normalized spacial score (nSPS) is 16.1. The van der Waals surface area contributed by atoms with Crippen LogP contribution in [0.25, 0.3) is 0 Å². The number of anilines is 1. The van der Waals surface area contributed by atoms with Crippen molar-refractivity contribution in [2.24, 2.45) is 0 Å². The summed E-state index contributed by atoms with van der Waals surface area (Å²) in [7, 11) is 1.46. The van der Waals surface area contributed by atoms with Gasteiger partial charge in [-0.1, -0.05) is 12.1 Å². The fourth-order valence-corrected chi connectivity index (χ4v) is 2.68. The zero-order valence-corrected chi connectivity index (χ0v) is 14.1. The van der Waals surface area contributed by atoms with Crippen LogP contribution < -0.4 is 19.7 Å². The molecular formula is C18H15F3N2O4. The highest BCUT2D eigenvalue weighted by Crippen LogP contribution is 2.34. The molecule has 142 valence electrons. The summed E-state index contributed by atoms with van der Waals surface area (Å²) < 4.78 is 46.2. The maximum atomic E-state index is 12.9. The molecule has 0 saturated carbocycles. The van der Waals surface area contributed by atoms with Crippen molar-refractivity contribution in [3.8, 4) is 11.5 Å². The second-order valence-corrected chi connectivity index (χ2v) is 5.68. The molecule has 3 rings (SSSR count). The van der Waals surface area contributed by atoms with Crippen molar-refractivity contribution in [1.29, 1.82) is 0 Å². The van der Waals surface area contributed by atoms with E-state index in [1.54, 1.807) is 24.3 Å². The minimum atomic E-state index is -4.81. The van der Waals surface area contributed by atoms with Gasteiger partial charge >= 0.3 is 6.36 Å². The summed E-state index contributed by atoms with van der Waals surface area (Å²) in [5.74, 6) is -0.929. The van der Waals surface area contributed by atoms with Crippen LogP contribution in [0.2, 0.25) is 0 Å². The molecule has 0 saturated heterocycles. The zero-order chi connectivity index (χ0) is 19.6. The van der Waals surface area contributed by atoms with Crippen molar-refractivity contribution in [1.82, 2.24) is 5.32 Å². The van der Waals surface area contributed by atoms with Gasteiger partial charge in [0.1, 0.15) is 11.5 Å². The number of para-hydroxylation sites is 2. The van der Waals surface area contributed by atoms with Crippen LogP contribution in [0.4, 0.5) is 18.9 Å². The van der Waals surface area contributed by atoms with Gasteiger partial charge in [-0.05, 0) is 36.4 Å². The molecule has 6 nitrogen and oxygen atoms in total. The smallest absolute Gasteiger partial charge is 0.477 e. The van der Waals surface area contributed by atoms with Gasteiger partial charge in [-0.2, -0.15) is 0 Å². The largest absolute Gasteiger partial charge is 0.573 e. The maximum absolute atomic E-state index is 12.9.